The molecule has 2 atom stereocenters. The van der Waals surface area contributed by atoms with Gasteiger partial charge in [0.1, 0.15) is 11.8 Å². The van der Waals surface area contributed by atoms with Gasteiger partial charge in [-0.05, 0) is 11.9 Å². The van der Waals surface area contributed by atoms with Crippen LogP contribution in [0.15, 0.2) is 35.5 Å². The summed E-state index contributed by atoms with van der Waals surface area (Å²) >= 11 is 2.93. The highest BCUT2D eigenvalue weighted by atomic mass is 127. The Hall–Kier alpha value is -2.35. The van der Waals surface area contributed by atoms with Gasteiger partial charge >= 0.3 is 11.9 Å². The van der Waals surface area contributed by atoms with Crippen molar-refractivity contribution in [3.05, 3.63) is 35.9 Å². The first-order valence-corrected chi connectivity index (χ1v) is 10.3. The third-order valence-corrected chi connectivity index (χ3v) is 5.65. The summed E-state index contributed by atoms with van der Waals surface area (Å²) < 4.78 is 6.31. The highest BCUT2D eigenvalue weighted by Gasteiger charge is 2.48. The van der Waals surface area contributed by atoms with Crippen molar-refractivity contribution in [2.75, 3.05) is 16.8 Å². The van der Waals surface area contributed by atoms with Crippen LogP contribution in [0, 0.1) is 0 Å². The van der Waals surface area contributed by atoms with Gasteiger partial charge in [0.25, 0.3) is 11.8 Å². The molecule has 1 saturated heterocycles. The van der Waals surface area contributed by atoms with Crippen molar-refractivity contribution < 1.29 is 34.2 Å². The molecule has 150 valence electrons. The number of β-lactam (4-membered cyclic amide) rings is 1. The van der Waals surface area contributed by atoms with E-state index in [0.717, 1.165) is 11.9 Å². The average Bonchev–Trinajstić information content (AvgIpc) is 2.69. The fraction of sp³-hybridized carbons (Fsp3) is 0.312. The number of ether oxygens (including phenoxy) is 1. The topological polar surface area (TPSA) is 146 Å². The number of amides is 2. The summed E-state index contributed by atoms with van der Waals surface area (Å²) in [6, 6.07) is 7.08. The third kappa shape index (κ3) is 5.34. The lowest BCUT2D eigenvalue weighted by Crippen LogP contribution is -2.69. The van der Waals surface area contributed by atoms with E-state index in [0.29, 0.717) is 9.99 Å². The zero-order valence-corrected chi connectivity index (χ0v) is 17.3. The molecule has 10 nitrogen and oxygen atoms in total. The quantitative estimate of drug-likeness (QED) is 0.0614. The molecule has 0 saturated carbocycles. The number of halogens is 1. The first-order chi connectivity index (χ1) is 13.4. The van der Waals surface area contributed by atoms with Crippen molar-refractivity contribution in [1.29, 1.82) is 0 Å². The van der Waals surface area contributed by atoms with Crippen LogP contribution < -0.4 is 5.32 Å². The molecule has 1 heterocycles. The molecule has 12 heteroatoms. The van der Waals surface area contributed by atoms with E-state index in [1.807, 2.05) is 22.6 Å². The number of nitrogens with one attached hydrogen (secondary N) is 1. The monoisotopic (exact) mass is 521 g/mol. The number of benzene rings is 1. The number of hydrogen-bond donors (Lipinski definition) is 3. The highest BCUT2D eigenvalue weighted by Crippen LogP contribution is 2.30. The van der Waals surface area contributed by atoms with Gasteiger partial charge in [-0.3, -0.25) is 18.7 Å². The average molecular weight is 521 g/mol. The molecule has 1 aromatic carbocycles. The number of hydrogen-bond acceptors (Lipinski definition) is 8. The predicted octanol–water partition coefficient (Wildman–Crippen LogP) is 0.272. The minimum Gasteiger partial charge on any atom is -0.479 e. The molecule has 0 bridgehead atoms. The van der Waals surface area contributed by atoms with Crippen molar-refractivity contribution in [2.24, 2.45) is 5.16 Å². The van der Waals surface area contributed by atoms with Crippen LogP contribution in [0.2, 0.25) is 0 Å². The molecule has 1 aromatic rings. The number of aliphatic carboxylic acids is 1. The fourth-order valence-electron chi connectivity index (χ4n) is 2.33. The van der Waals surface area contributed by atoms with Crippen LogP contribution in [0.5, 0.6) is 0 Å². The fourth-order valence-corrected chi connectivity index (χ4v) is 4.46. The number of carbonyl (C=O) groups excluding carboxylic acids is 3. The Labute approximate surface area is 177 Å². The number of nitrogens with zero attached hydrogens (tertiary/aromatic N) is 2. The Kier molecular flexibility index (Phi) is 8.04. The van der Waals surface area contributed by atoms with Crippen molar-refractivity contribution >= 4 is 64.0 Å². The zero-order chi connectivity index (χ0) is 20.7. The van der Waals surface area contributed by atoms with E-state index >= 15 is 0 Å². The SMILES string of the molecule is O=C(O)COC(=O)CSN1C(=O)[C@@H](NC(=O)C(=NO)c2ccccc2)[C@H]1CI. The van der Waals surface area contributed by atoms with Crippen LogP contribution in [0.3, 0.4) is 0 Å². The van der Waals surface area contributed by atoms with Crippen LogP contribution in [-0.2, 0) is 23.9 Å². The number of carboxylic acid groups (broad SMARTS) is 1. The molecule has 28 heavy (non-hydrogen) atoms. The van der Waals surface area contributed by atoms with Gasteiger partial charge in [0.15, 0.2) is 12.3 Å². The highest BCUT2D eigenvalue weighted by molar-refractivity contribution is 14.1. The van der Waals surface area contributed by atoms with E-state index in [4.69, 9.17) is 10.3 Å². The first kappa shape index (κ1) is 21.9. The summed E-state index contributed by atoms with van der Waals surface area (Å²) in [4.78, 5) is 46.6. The molecule has 2 rings (SSSR count). The van der Waals surface area contributed by atoms with Gasteiger partial charge in [-0.15, -0.1) is 0 Å². The maximum Gasteiger partial charge on any atom is 0.341 e. The third-order valence-electron chi connectivity index (χ3n) is 3.65. The second kappa shape index (κ2) is 10.3. The molecule has 1 aliphatic rings. The molecule has 0 radical (unpaired) electrons. The number of rotatable bonds is 9. The van der Waals surface area contributed by atoms with Crippen molar-refractivity contribution in [3.8, 4) is 0 Å². The lowest BCUT2D eigenvalue weighted by molar-refractivity contribution is -0.153. The number of carboxylic acids is 1. The summed E-state index contributed by atoms with van der Waals surface area (Å²) in [7, 11) is 0. The van der Waals surface area contributed by atoms with Gasteiger partial charge in [0.2, 0.25) is 0 Å². The molecule has 3 N–H and O–H groups in total. The summed E-state index contributed by atoms with van der Waals surface area (Å²) in [5, 5.41) is 23.2. The Balaban J connectivity index is 1.93. The summed E-state index contributed by atoms with van der Waals surface area (Å²) in [5.74, 6) is -3.39. The molecule has 0 unspecified atom stereocenters. The zero-order valence-electron chi connectivity index (χ0n) is 14.3. The van der Waals surface area contributed by atoms with Crippen LogP contribution in [0.25, 0.3) is 0 Å². The van der Waals surface area contributed by atoms with Crippen LogP contribution in [0.1, 0.15) is 5.56 Å². The van der Waals surface area contributed by atoms with E-state index in [2.05, 4.69) is 15.2 Å². The minimum absolute atomic E-state index is 0.219. The lowest BCUT2D eigenvalue weighted by Gasteiger charge is -2.45. The minimum atomic E-state index is -1.27. The molecule has 0 aliphatic carbocycles. The number of oxime groups is 1. The van der Waals surface area contributed by atoms with Gasteiger partial charge < -0.3 is 20.4 Å². The molecule has 1 aliphatic heterocycles. The molecule has 1 fully saturated rings. The molecular weight excluding hydrogens is 505 g/mol. The number of carbonyl (C=O) groups is 4. The normalized spacial score (nSPS) is 19.0. The Bertz CT molecular complexity index is 790. The van der Waals surface area contributed by atoms with E-state index < -0.39 is 36.4 Å². The lowest BCUT2D eigenvalue weighted by atomic mass is 10.00. The van der Waals surface area contributed by atoms with Crippen LogP contribution in [0.4, 0.5) is 0 Å². The van der Waals surface area contributed by atoms with Gasteiger partial charge in [0.05, 0.1) is 6.04 Å². The van der Waals surface area contributed by atoms with E-state index in [1.165, 1.54) is 4.31 Å². The number of alkyl halides is 1. The van der Waals surface area contributed by atoms with Crippen molar-refractivity contribution in [1.82, 2.24) is 9.62 Å². The Morgan fingerprint density at radius 2 is 1.96 bits per heavy atom. The van der Waals surface area contributed by atoms with Gasteiger partial charge in [-0.2, -0.15) is 0 Å². The Morgan fingerprint density at radius 3 is 2.54 bits per heavy atom. The molecule has 0 aromatic heterocycles. The number of esters is 1. The Morgan fingerprint density at radius 1 is 1.29 bits per heavy atom. The summed E-state index contributed by atoms with van der Waals surface area (Å²) in [6.07, 6.45) is 0. The molecule has 0 spiro atoms. The van der Waals surface area contributed by atoms with Crippen LogP contribution >= 0.6 is 34.5 Å². The van der Waals surface area contributed by atoms with E-state index in [1.54, 1.807) is 30.3 Å². The smallest absolute Gasteiger partial charge is 0.341 e. The van der Waals surface area contributed by atoms with Crippen LogP contribution in [-0.4, -0.2) is 73.0 Å². The standard InChI is InChI=1S/C16H16IN3O7S/c17-6-10-14(16(25)20(10)28-8-12(23)27-7-11(21)22)18-15(24)13(19-26)9-4-2-1-3-5-9/h1-5,10,14,26H,6-8H2,(H,18,24)(H,21,22)/t10-,14+/m1/s1. The van der Waals surface area contributed by atoms with Gasteiger partial charge in [0, 0.05) is 9.99 Å². The predicted molar refractivity (Wildman–Crippen MR) is 107 cm³/mol. The molecule has 2 amide bonds. The first-order valence-electron chi connectivity index (χ1n) is 7.86. The maximum absolute atomic E-state index is 12.4. The van der Waals surface area contributed by atoms with Gasteiger partial charge in [-0.25, -0.2) is 4.79 Å². The second-order valence-electron chi connectivity index (χ2n) is 5.48. The van der Waals surface area contributed by atoms with Gasteiger partial charge in [-0.1, -0.05) is 58.1 Å². The maximum atomic E-state index is 12.4. The van der Waals surface area contributed by atoms with Crippen molar-refractivity contribution in [3.63, 3.8) is 0 Å². The van der Waals surface area contributed by atoms with Crippen molar-refractivity contribution in [2.45, 2.75) is 12.1 Å². The van der Waals surface area contributed by atoms with E-state index in [9.17, 15) is 19.2 Å². The molecular formula is C16H16IN3O7S. The summed E-state index contributed by atoms with van der Waals surface area (Å²) in [6.45, 7) is -0.746. The van der Waals surface area contributed by atoms with E-state index in [-0.39, 0.29) is 17.5 Å². The second-order valence-corrected chi connectivity index (χ2v) is 7.30. The summed E-state index contributed by atoms with van der Waals surface area (Å²) in [5.41, 5.74) is 0.177. The largest absolute Gasteiger partial charge is 0.479 e.